The Morgan fingerprint density at radius 1 is 1.30 bits per heavy atom. The lowest BCUT2D eigenvalue weighted by Crippen LogP contribution is -2.42. The van der Waals surface area contributed by atoms with Gasteiger partial charge in [-0.25, -0.2) is 9.18 Å². The van der Waals surface area contributed by atoms with Gasteiger partial charge in [-0.3, -0.25) is 4.79 Å². The molecule has 20 heavy (non-hydrogen) atoms. The van der Waals surface area contributed by atoms with Crippen LogP contribution in [0.2, 0.25) is 0 Å². The summed E-state index contributed by atoms with van der Waals surface area (Å²) in [5.74, 6) is -1.50. The van der Waals surface area contributed by atoms with Crippen LogP contribution < -0.4 is 5.32 Å². The Hall–Kier alpha value is -1.91. The maximum Gasteiger partial charge on any atom is 0.328 e. The van der Waals surface area contributed by atoms with Crippen molar-refractivity contribution in [1.29, 1.82) is 0 Å². The molecule has 0 heterocycles. The van der Waals surface area contributed by atoms with E-state index in [1.54, 1.807) is 27.7 Å². The predicted molar refractivity (Wildman–Crippen MR) is 73.9 cm³/mol. The van der Waals surface area contributed by atoms with Crippen LogP contribution in [-0.2, 0) is 9.53 Å². The van der Waals surface area contributed by atoms with Gasteiger partial charge in [0.05, 0.1) is 0 Å². The molecule has 0 aromatic heterocycles. The zero-order chi connectivity index (χ0) is 15.5. The number of carbonyl (C=O) groups excluding carboxylic acids is 2. The summed E-state index contributed by atoms with van der Waals surface area (Å²) >= 11 is 0. The second-order valence-electron chi connectivity index (χ2n) is 5.69. The highest BCUT2D eigenvalue weighted by Crippen LogP contribution is 2.11. The van der Waals surface area contributed by atoms with E-state index in [0.29, 0.717) is 5.56 Å². The largest absolute Gasteiger partial charge is 0.458 e. The maximum absolute atomic E-state index is 13.4. The van der Waals surface area contributed by atoms with Crippen molar-refractivity contribution < 1.29 is 18.7 Å². The zero-order valence-corrected chi connectivity index (χ0v) is 12.4. The Balaban J connectivity index is 2.70. The van der Waals surface area contributed by atoms with Crippen LogP contribution in [0.1, 0.15) is 43.6 Å². The third-order valence-corrected chi connectivity index (χ3v) is 2.54. The first-order valence-corrected chi connectivity index (χ1v) is 6.40. The molecule has 1 N–H and O–H groups in total. The normalized spacial score (nSPS) is 12.7. The van der Waals surface area contributed by atoms with Crippen molar-refractivity contribution in [3.63, 3.8) is 0 Å². The Kier molecular flexibility index (Phi) is 4.87. The molecule has 0 unspecified atom stereocenters. The van der Waals surface area contributed by atoms with Crippen LogP contribution in [0.3, 0.4) is 0 Å². The highest BCUT2D eigenvalue weighted by Gasteiger charge is 2.23. The van der Waals surface area contributed by atoms with Crippen LogP contribution in [0.4, 0.5) is 4.39 Å². The highest BCUT2D eigenvalue weighted by molar-refractivity contribution is 5.96. The van der Waals surface area contributed by atoms with Gasteiger partial charge in [-0.05, 0) is 52.3 Å². The molecule has 0 radical (unpaired) electrons. The van der Waals surface area contributed by atoms with Crippen LogP contribution in [0.25, 0.3) is 0 Å². The SMILES string of the molecule is Cc1ccc(C(=O)N[C@@H](C)C(=O)OC(C)(C)C)cc1F. The van der Waals surface area contributed by atoms with Crippen molar-refractivity contribution in [2.75, 3.05) is 0 Å². The van der Waals surface area contributed by atoms with Crippen molar-refractivity contribution in [1.82, 2.24) is 5.32 Å². The minimum absolute atomic E-state index is 0.170. The Bertz CT molecular complexity index is 520. The molecular weight excluding hydrogens is 261 g/mol. The molecule has 1 atom stereocenters. The summed E-state index contributed by atoms with van der Waals surface area (Å²) in [6, 6.07) is 3.37. The van der Waals surface area contributed by atoms with E-state index in [9.17, 15) is 14.0 Å². The molecule has 1 aromatic rings. The first-order valence-electron chi connectivity index (χ1n) is 6.40. The van der Waals surface area contributed by atoms with Crippen molar-refractivity contribution >= 4 is 11.9 Å². The Labute approximate surface area is 118 Å². The first kappa shape index (κ1) is 16.1. The van der Waals surface area contributed by atoms with E-state index in [1.807, 2.05) is 0 Å². The Morgan fingerprint density at radius 2 is 1.90 bits per heavy atom. The van der Waals surface area contributed by atoms with Crippen LogP contribution in [0, 0.1) is 12.7 Å². The molecule has 1 rings (SSSR count). The van der Waals surface area contributed by atoms with E-state index in [-0.39, 0.29) is 5.56 Å². The summed E-state index contributed by atoms with van der Waals surface area (Å²) < 4.78 is 18.5. The number of benzene rings is 1. The number of halogens is 1. The number of esters is 1. The predicted octanol–water partition coefficient (Wildman–Crippen LogP) is 2.59. The summed E-state index contributed by atoms with van der Waals surface area (Å²) in [5.41, 5.74) is 0.0109. The number of ether oxygens (including phenoxy) is 1. The first-order chi connectivity index (χ1) is 9.10. The van der Waals surface area contributed by atoms with Crippen molar-refractivity contribution in [2.45, 2.75) is 46.3 Å². The second kappa shape index (κ2) is 6.03. The third kappa shape index (κ3) is 4.64. The molecule has 5 heteroatoms. The van der Waals surface area contributed by atoms with E-state index in [4.69, 9.17) is 4.74 Å². The quantitative estimate of drug-likeness (QED) is 0.866. The number of amides is 1. The van der Waals surface area contributed by atoms with Gasteiger partial charge in [0.2, 0.25) is 0 Å². The Morgan fingerprint density at radius 3 is 2.40 bits per heavy atom. The van der Waals surface area contributed by atoms with E-state index in [0.717, 1.165) is 6.07 Å². The minimum Gasteiger partial charge on any atom is -0.458 e. The van der Waals surface area contributed by atoms with Crippen LogP contribution in [0.5, 0.6) is 0 Å². The molecule has 0 aliphatic heterocycles. The van der Waals surface area contributed by atoms with Gasteiger partial charge >= 0.3 is 5.97 Å². The van der Waals surface area contributed by atoms with E-state index in [2.05, 4.69) is 5.32 Å². The fraction of sp³-hybridized carbons (Fsp3) is 0.467. The average Bonchev–Trinajstić information content (AvgIpc) is 2.30. The highest BCUT2D eigenvalue weighted by atomic mass is 19.1. The smallest absolute Gasteiger partial charge is 0.328 e. The topological polar surface area (TPSA) is 55.4 Å². The molecule has 0 saturated heterocycles. The standard InChI is InChI=1S/C15H20FNO3/c1-9-6-7-11(8-12(9)16)13(18)17-10(2)14(19)20-15(3,4)5/h6-8,10H,1-5H3,(H,17,18)/t10-/m0/s1. The molecule has 4 nitrogen and oxygen atoms in total. The van der Waals surface area contributed by atoms with Crippen LogP contribution >= 0.6 is 0 Å². The molecule has 1 amide bonds. The van der Waals surface area contributed by atoms with Gasteiger partial charge in [0.15, 0.2) is 0 Å². The summed E-state index contributed by atoms with van der Waals surface area (Å²) in [5, 5.41) is 2.49. The van der Waals surface area contributed by atoms with E-state index >= 15 is 0 Å². The second-order valence-corrected chi connectivity index (χ2v) is 5.69. The molecular formula is C15H20FNO3. The van der Waals surface area contributed by atoms with E-state index in [1.165, 1.54) is 19.1 Å². The number of aryl methyl sites for hydroxylation is 1. The molecule has 110 valence electrons. The lowest BCUT2D eigenvalue weighted by atomic mass is 10.1. The van der Waals surface area contributed by atoms with Gasteiger partial charge in [0.1, 0.15) is 17.5 Å². The molecule has 0 fully saturated rings. The number of carbonyl (C=O) groups is 2. The average molecular weight is 281 g/mol. The van der Waals surface area contributed by atoms with Gasteiger partial charge < -0.3 is 10.1 Å². The molecule has 0 saturated carbocycles. The molecule has 1 aromatic carbocycles. The van der Waals surface area contributed by atoms with Crippen molar-refractivity contribution in [3.05, 3.63) is 35.1 Å². The van der Waals surface area contributed by atoms with Crippen molar-refractivity contribution in [3.8, 4) is 0 Å². The summed E-state index contributed by atoms with van der Waals surface area (Å²) in [4.78, 5) is 23.6. The van der Waals surface area contributed by atoms with Gasteiger partial charge in [0, 0.05) is 5.56 Å². The van der Waals surface area contributed by atoms with Gasteiger partial charge in [0.25, 0.3) is 5.91 Å². The summed E-state index contributed by atoms with van der Waals surface area (Å²) in [6.07, 6.45) is 0. The van der Waals surface area contributed by atoms with E-state index < -0.39 is 29.3 Å². The molecule has 0 spiro atoms. The molecule has 0 aliphatic rings. The van der Waals surface area contributed by atoms with Crippen LogP contribution in [-0.4, -0.2) is 23.5 Å². The number of rotatable bonds is 3. The third-order valence-electron chi connectivity index (χ3n) is 2.54. The van der Waals surface area contributed by atoms with Gasteiger partial charge in [-0.2, -0.15) is 0 Å². The molecule has 0 aliphatic carbocycles. The molecule has 0 bridgehead atoms. The van der Waals surface area contributed by atoms with Gasteiger partial charge in [-0.15, -0.1) is 0 Å². The zero-order valence-electron chi connectivity index (χ0n) is 12.4. The lowest BCUT2D eigenvalue weighted by Gasteiger charge is -2.22. The number of nitrogens with one attached hydrogen (secondary N) is 1. The minimum atomic E-state index is -0.800. The maximum atomic E-state index is 13.4. The van der Waals surface area contributed by atoms with Crippen molar-refractivity contribution in [2.24, 2.45) is 0 Å². The fourth-order valence-electron chi connectivity index (χ4n) is 1.46. The number of hydrogen-bond donors (Lipinski definition) is 1. The lowest BCUT2D eigenvalue weighted by molar-refractivity contribution is -0.156. The summed E-state index contributed by atoms with van der Waals surface area (Å²) in [6.45, 7) is 8.37. The fourth-order valence-corrected chi connectivity index (χ4v) is 1.46. The monoisotopic (exact) mass is 281 g/mol. The van der Waals surface area contributed by atoms with Crippen LogP contribution in [0.15, 0.2) is 18.2 Å². The van der Waals surface area contributed by atoms with Gasteiger partial charge in [-0.1, -0.05) is 6.07 Å². The summed E-state index contributed by atoms with van der Waals surface area (Å²) in [7, 11) is 0. The number of hydrogen-bond acceptors (Lipinski definition) is 3.